The van der Waals surface area contributed by atoms with E-state index in [0.717, 1.165) is 51.4 Å². The van der Waals surface area contributed by atoms with Crippen molar-refractivity contribution in [2.75, 3.05) is 39.4 Å². The zero-order valence-corrected chi connectivity index (χ0v) is 11.2. The van der Waals surface area contributed by atoms with Gasteiger partial charge in [0.25, 0.3) is 0 Å². The zero-order valence-electron chi connectivity index (χ0n) is 11.2. The largest absolute Gasteiger partial charge is 0.383 e. The van der Waals surface area contributed by atoms with E-state index in [9.17, 15) is 5.11 Å². The Bertz CT molecular complexity index is 406. The number of morpholine rings is 1. The van der Waals surface area contributed by atoms with Crippen LogP contribution in [0.4, 0.5) is 0 Å². The van der Waals surface area contributed by atoms with Crippen LogP contribution in [-0.4, -0.2) is 55.4 Å². The third-order valence-electron chi connectivity index (χ3n) is 4.33. The van der Waals surface area contributed by atoms with E-state index < -0.39 is 5.60 Å². The van der Waals surface area contributed by atoms with Crippen LogP contribution in [-0.2, 0) is 10.3 Å². The predicted molar refractivity (Wildman–Crippen MR) is 74.0 cm³/mol. The summed E-state index contributed by atoms with van der Waals surface area (Å²) in [6.45, 7) is 5.04. The highest BCUT2D eigenvalue weighted by atomic mass is 16.5. The lowest BCUT2D eigenvalue weighted by atomic mass is 9.80. The van der Waals surface area contributed by atoms with Crippen molar-refractivity contribution in [2.24, 2.45) is 0 Å². The fraction of sp³-hybridized carbons (Fsp3) is 0.600. The van der Waals surface area contributed by atoms with Gasteiger partial charge < -0.3 is 15.2 Å². The van der Waals surface area contributed by atoms with Gasteiger partial charge in [0.15, 0.2) is 0 Å². The first-order valence-electron chi connectivity index (χ1n) is 7.11. The van der Waals surface area contributed by atoms with E-state index in [4.69, 9.17) is 4.74 Å². The molecule has 3 rings (SSSR count). The quantitative estimate of drug-likeness (QED) is 0.818. The summed E-state index contributed by atoms with van der Waals surface area (Å²) in [6.07, 6.45) is 0.763. The van der Waals surface area contributed by atoms with Gasteiger partial charge in [0, 0.05) is 19.6 Å². The number of nitrogens with one attached hydrogen (secondary N) is 1. The number of piperidine rings is 1. The molecule has 4 heteroatoms. The lowest BCUT2D eigenvalue weighted by Crippen LogP contribution is -2.61. The van der Waals surface area contributed by atoms with Gasteiger partial charge in [-0.3, -0.25) is 4.90 Å². The zero-order chi connectivity index (χ0) is 13.1. The van der Waals surface area contributed by atoms with Crippen LogP contribution in [0.5, 0.6) is 0 Å². The molecule has 1 aromatic carbocycles. The van der Waals surface area contributed by atoms with Gasteiger partial charge in [0.05, 0.1) is 19.3 Å². The smallest absolute Gasteiger partial charge is 0.107 e. The maximum Gasteiger partial charge on any atom is 0.107 e. The van der Waals surface area contributed by atoms with Crippen LogP contribution in [0.25, 0.3) is 0 Å². The molecule has 0 aliphatic carbocycles. The molecule has 4 nitrogen and oxygen atoms in total. The van der Waals surface area contributed by atoms with Crippen LogP contribution in [0.2, 0.25) is 0 Å². The molecule has 2 unspecified atom stereocenters. The standard InChI is InChI=1S/C15H22N2O2/c18-15(13-4-2-1-3-5-13)6-7-16-12-14(15)17-8-10-19-11-9-17/h1-5,14,16,18H,6-12H2. The lowest BCUT2D eigenvalue weighted by molar-refractivity contribution is -0.0958. The number of rotatable bonds is 2. The fourth-order valence-corrected chi connectivity index (χ4v) is 3.24. The molecule has 0 radical (unpaired) electrons. The molecule has 2 N–H and O–H groups in total. The third kappa shape index (κ3) is 2.54. The van der Waals surface area contributed by atoms with E-state index in [0.29, 0.717) is 0 Å². The van der Waals surface area contributed by atoms with Crippen molar-refractivity contribution in [2.45, 2.75) is 18.1 Å². The predicted octanol–water partition coefficient (Wildman–Crippen LogP) is 0.568. The molecule has 2 heterocycles. The molecule has 1 aromatic rings. The van der Waals surface area contributed by atoms with E-state index in [1.165, 1.54) is 0 Å². The Labute approximate surface area is 114 Å². The van der Waals surface area contributed by atoms with Gasteiger partial charge in [-0.25, -0.2) is 0 Å². The van der Waals surface area contributed by atoms with Crippen LogP contribution in [0.3, 0.4) is 0 Å². The topological polar surface area (TPSA) is 44.7 Å². The molecule has 0 bridgehead atoms. The Hall–Kier alpha value is -0.940. The Morgan fingerprint density at radius 3 is 2.68 bits per heavy atom. The Balaban J connectivity index is 1.87. The lowest BCUT2D eigenvalue weighted by Gasteiger charge is -2.47. The monoisotopic (exact) mass is 262 g/mol. The van der Waals surface area contributed by atoms with Crippen molar-refractivity contribution in [1.29, 1.82) is 0 Å². The summed E-state index contributed by atoms with van der Waals surface area (Å²) in [5.74, 6) is 0. The second kappa shape index (κ2) is 5.59. The summed E-state index contributed by atoms with van der Waals surface area (Å²) in [4.78, 5) is 2.36. The number of benzene rings is 1. The molecule has 2 saturated heterocycles. The number of ether oxygens (including phenoxy) is 1. The molecular formula is C15H22N2O2. The molecule has 2 atom stereocenters. The summed E-state index contributed by atoms with van der Waals surface area (Å²) < 4.78 is 5.42. The van der Waals surface area contributed by atoms with Crippen molar-refractivity contribution in [3.05, 3.63) is 35.9 Å². The molecule has 19 heavy (non-hydrogen) atoms. The van der Waals surface area contributed by atoms with E-state index in [1.54, 1.807) is 0 Å². The molecule has 2 fully saturated rings. The molecule has 0 aromatic heterocycles. The Kier molecular flexibility index (Phi) is 3.84. The highest BCUT2D eigenvalue weighted by molar-refractivity contribution is 5.25. The Morgan fingerprint density at radius 1 is 1.21 bits per heavy atom. The normalized spacial score (nSPS) is 33.2. The van der Waals surface area contributed by atoms with Crippen LogP contribution in [0.15, 0.2) is 30.3 Å². The van der Waals surface area contributed by atoms with Gasteiger partial charge in [-0.15, -0.1) is 0 Å². The van der Waals surface area contributed by atoms with Gasteiger partial charge in [-0.2, -0.15) is 0 Å². The van der Waals surface area contributed by atoms with Gasteiger partial charge in [0.2, 0.25) is 0 Å². The van der Waals surface area contributed by atoms with Crippen molar-refractivity contribution in [1.82, 2.24) is 10.2 Å². The van der Waals surface area contributed by atoms with Crippen molar-refractivity contribution < 1.29 is 9.84 Å². The van der Waals surface area contributed by atoms with Crippen LogP contribution >= 0.6 is 0 Å². The molecule has 0 amide bonds. The minimum atomic E-state index is -0.746. The first kappa shape index (κ1) is 13.1. The third-order valence-corrected chi connectivity index (χ3v) is 4.33. The highest BCUT2D eigenvalue weighted by Crippen LogP contribution is 2.33. The molecule has 2 aliphatic heterocycles. The maximum absolute atomic E-state index is 11.2. The van der Waals surface area contributed by atoms with Crippen LogP contribution < -0.4 is 5.32 Å². The molecular weight excluding hydrogens is 240 g/mol. The van der Waals surface area contributed by atoms with E-state index in [-0.39, 0.29) is 6.04 Å². The molecule has 0 saturated carbocycles. The summed E-state index contributed by atoms with van der Waals surface area (Å²) in [5.41, 5.74) is 0.289. The first-order chi connectivity index (χ1) is 9.31. The van der Waals surface area contributed by atoms with Crippen molar-refractivity contribution >= 4 is 0 Å². The van der Waals surface area contributed by atoms with E-state index in [2.05, 4.69) is 10.2 Å². The summed E-state index contributed by atoms with van der Waals surface area (Å²) in [5, 5.41) is 14.6. The number of hydrogen-bond donors (Lipinski definition) is 2. The van der Waals surface area contributed by atoms with E-state index >= 15 is 0 Å². The van der Waals surface area contributed by atoms with Crippen LogP contribution in [0, 0.1) is 0 Å². The van der Waals surface area contributed by atoms with Gasteiger partial charge in [-0.05, 0) is 18.5 Å². The molecule has 2 aliphatic rings. The summed E-state index contributed by atoms with van der Waals surface area (Å²) in [6, 6.07) is 10.2. The maximum atomic E-state index is 11.2. The summed E-state index contributed by atoms with van der Waals surface area (Å²) >= 11 is 0. The van der Waals surface area contributed by atoms with Crippen molar-refractivity contribution in [3.63, 3.8) is 0 Å². The van der Waals surface area contributed by atoms with Crippen LogP contribution in [0.1, 0.15) is 12.0 Å². The average Bonchev–Trinajstić information content (AvgIpc) is 2.49. The minimum absolute atomic E-state index is 0.132. The molecule has 104 valence electrons. The van der Waals surface area contributed by atoms with Gasteiger partial charge >= 0.3 is 0 Å². The SMILES string of the molecule is OC1(c2ccccc2)CCNCC1N1CCOCC1. The van der Waals surface area contributed by atoms with Gasteiger partial charge in [-0.1, -0.05) is 30.3 Å². The highest BCUT2D eigenvalue weighted by Gasteiger charge is 2.43. The molecule has 0 spiro atoms. The second-order valence-corrected chi connectivity index (χ2v) is 5.41. The minimum Gasteiger partial charge on any atom is -0.383 e. The number of aliphatic hydroxyl groups is 1. The fourth-order valence-electron chi connectivity index (χ4n) is 3.24. The number of nitrogens with zero attached hydrogens (tertiary/aromatic N) is 1. The average molecular weight is 262 g/mol. The van der Waals surface area contributed by atoms with E-state index in [1.807, 2.05) is 30.3 Å². The van der Waals surface area contributed by atoms with Gasteiger partial charge in [0.1, 0.15) is 5.60 Å². The first-order valence-corrected chi connectivity index (χ1v) is 7.11. The number of hydrogen-bond acceptors (Lipinski definition) is 4. The summed E-state index contributed by atoms with van der Waals surface area (Å²) in [7, 11) is 0. The second-order valence-electron chi connectivity index (χ2n) is 5.41. The Morgan fingerprint density at radius 2 is 1.95 bits per heavy atom. The van der Waals surface area contributed by atoms with Crippen molar-refractivity contribution in [3.8, 4) is 0 Å².